The molecule has 0 spiro atoms. The Morgan fingerprint density at radius 2 is 1.82 bits per heavy atom. The molecule has 0 aliphatic rings. The minimum atomic E-state index is -0.781. The molecule has 12 heteroatoms. The third-order valence-corrected chi connectivity index (χ3v) is 6.12. The summed E-state index contributed by atoms with van der Waals surface area (Å²) in [5.41, 5.74) is -0.752. The summed E-state index contributed by atoms with van der Waals surface area (Å²) >= 11 is 13.1. The van der Waals surface area contributed by atoms with Crippen LogP contribution < -0.4 is 21.9 Å². The summed E-state index contributed by atoms with van der Waals surface area (Å²) in [6.07, 6.45) is 1.47. The van der Waals surface area contributed by atoms with Crippen molar-refractivity contribution in [3.05, 3.63) is 84.7 Å². The van der Waals surface area contributed by atoms with Gasteiger partial charge >= 0.3 is 5.69 Å². The number of carbonyl (C=O) groups is 2. The summed E-state index contributed by atoms with van der Waals surface area (Å²) in [5, 5.41) is 7.49. The van der Waals surface area contributed by atoms with Crippen molar-refractivity contribution in [3.8, 4) is 0 Å². The Kier molecular flexibility index (Phi) is 6.68. The van der Waals surface area contributed by atoms with E-state index in [1.54, 1.807) is 29.6 Å². The van der Waals surface area contributed by atoms with E-state index in [0.717, 1.165) is 20.5 Å². The molecule has 0 saturated carbocycles. The van der Waals surface area contributed by atoms with Crippen LogP contribution in [0.25, 0.3) is 10.2 Å². The standard InChI is InChI=1S/C21H16Cl2N4O5S/c22-12-3-4-15(14(23)8-12)25-18(29)11-26-16-5-7-33-19(16)20(30)27(21(26)31)10-17(28)24-9-13-2-1-6-32-13/h1-8H,9-11H2,(H,24,28)(H,25,29). The lowest BCUT2D eigenvalue weighted by Gasteiger charge is -2.13. The van der Waals surface area contributed by atoms with Gasteiger partial charge in [-0.3, -0.25) is 19.0 Å². The third-order valence-electron chi connectivity index (χ3n) is 4.68. The number of aromatic nitrogens is 2. The highest BCUT2D eigenvalue weighted by Gasteiger charge is 2.19. The van der Waals surface area contributed by atoms with Crippen LogP contribution in [0.1, 0.15) is 5.76 Å². The number of fused-ring (bicyclic) bond motifs is 1. The van der Waals surface area contributed by atoms with E-state index in [9.17, 15) is 19.2 Å². The lowest BCUT2D eigenvalue weighted by molar-refractivity contribution is -0.122. The van der Waals surface area contributed by atoms with Crippen molar-refractivity contribution >= 4 is 62.3 Å². The highest BCUT2D eigenvalue weighted by molar-refractivity contribution is 7.17. The summed E-state index contributed by atoms with van der Waals surface area (Å²) < 4.78 is 7.35. The summed E-state index contributed by atoms with van der Waals surface area (Å²) in [4.78, 5) is 50.9. The first-order valence-corrected chi connectivity index (χ1v) is 11.2. The van der Waals surface area contributed by atoms with E-state index >= 15 is 0 Å². The van der Waals surface area contributed by atoms with Crippen LogP contribution in [0.3, 0.4) is 0 Å². The SMILES string of the molecule is O=C(Cn1c(=O)c2sccc2n(CC(=O)Nc2ccc(Cl)cc2Cl)c1=O)NCc1ccco1. The minimum Gasteiger partial charge on any atom is -0.467 e. The van der Waals surface area contributed by atoms with E-state index in [4.69, 9.17) is 27.6 Å². The number of anilines is 1. The molecule has 0 unspecified atom stereocenters. The zero-order valence-corrected chi connectivity index (χ0v) is 19.2. The molecule has 4 aromatic rings. The van der Waals surface area contributed by atoms with E-state index < -0.39 is 29.6 Å². The number of halogens is 2. The van der Waals surface area contributed by atoms with Crippen LogP contribution in [0.2, 0.25) is 10.0 Å². The van der Waals surface area contributed by atoms with Crippen molar-refractivity contribution in [2.24, 2.45) is 0 Å². The molecule has 2 amide bonds. The van der Waals surface area contributed by atoms with Gasteiger partial charge in [0.2, 0.25) is 11.8 Å². The Bertz CT molecular complexity index is 1460. The first-order chi connectivity index (χ1) is 15.8. The van der Waals surface area contributed by atoms with E-state index in [0.29, 0.717) is 22.0 Å². The highest BCUT2D eigenvalue weighted by Crippen LogP contribution is 2.25. The molecule has 0 radical (unpaired) electrons. The van der Waals surface area contributed by atoms with Gasteiger partial charge in [-0.1, -0.05) is 23.2 Å². The Labute approximate surface area is 200 Å². The van der Waals surface area contributed by atoms with Crippen LogP contribution in [0, 0.1) is 0 Å². The Hall–Kier alpha value is -3.34. The molecule has 0 aliphatic heterocycles. The van der Waals surface area contributed by atoms with Crippen molar-refractivity contribution in [1.29, 1.82) is 0 Å². The molecule has 170 valence electrons. The van der Waals surface area contributed by atoms with Crippen LogP contribution in [0.5, 0.6) is 0 Å². The van der Waals surface area contributed by atoms with E-state index in [1.807, 2.05) is 0 Å². The number of rotatable bonds is 7. The predicted octanol–water partition coefficient (Wildman–Crippen LogP) is 3.08. The minimum absolute atomic E-state index is 0.111. The Balaban J connectivity index is 1.59. The number of benzene rings is 1. The van der Waals surface area contributed by atoms with Crippen molar-refractivity contribution in [3.63, 3.8) is 0 Å². The lowest BCUT2D eigenvalue weighted by Crippen LogP contribution is -2.44. The van der Waals surface area contributed by atoms with Gasteiger partial charge in [0.1, 0.15) is 23.5 Å². The van der Waals surface area contributed by atoms with Gasteiger partial charge in [0, 0.05) is 5.02 Å². The molecule has 0 aliphatic carbocycles. The van der Waals surface area contributed by atoms with Crippen LogP contribution >= 0.6 is 34.5 Å². The first-order valence-electron chi connectivity index (χ1n) is 9.58. The van der Waals surface area contributed by atoms with Crippen LogP contribution in [0.4, 0.5) is 5.69 Å². The number of hydrogen-bond acceptors (Lipinski definition) is 6. The van der Waals surface area contributed by atoms with Crippen molar-refractivity contribution in [1.82, 2.24) is 14.5 Å². The normalized spacial score (nSPS) is 11.0. The maximum atomic E-state index is 13.1. The fourth-order valence-corrected chi connectivity index (χ4v) is 4.45. The quantitative estimate of drug-likeness (QED) is 0.399. The molecule has 0 fully saturated rings. The Morgan fingerprint density at radius 1 is 1.03 bits per heavy atom. The van der Waals surface area contributed by atoms with Gasteiger partial charge in [-0.25, -0.2) is 9.36 Å². The average molecular weight is 507 g/mol. The molecule has 3 heterocycles. The van der Waals surface area contributed by atoms with Gasteiger partial charge in [0.05, 0.1) is 29.0 Å². The number of amides is 2. The number of hydrogen-bond donors (Lipinski definition) is 2. The van der Waals surface area contributed by atoms with Gasteiger partial charge in [-0.2, -0.15) is 0 Å². The first kappa shape index (κ1) is 22.8. The second-order valence-electron chi connectivity index (χ2n) is 6.92. The molecule has 3 aromatic heterocycles. The van der Waals surface area contributed by atoms with Crippen molar-refractivity contribution < 1.29 is 14.0 Å². The molecular formula is C21H16Cl2N4O5S. The van der Waals surface area contributed by atoms with Crippen LogP contribution in [0.15, 0.2) is 62.0 Å². The summed E-state index contributed by atoms with van der Waals surface area (Å²) in [6, 6.07) is 9.51. The number of carbonyl (C=O) groups excluding carboxylic acids is 2. The monoisotopic (exact) mass is 506 g/mol. The van der Waals surface area contributed by atoms with E-state index in [1.165, 1.54) is 18.4 Å². The average Bonchev–Trinajstić information content (AvgIpc) is 3.47. The van der Waals surface area contributed by atoms with Gasteiger partial charge in [-0.05, 0) is 41.8 Å². The molecule has 33 heavy (non-hydrogen) atoms. The predicted molar refractivity (Wildman–Crippen MR) is 126 cm³/mol. The van der Waals surface area contributed by atoms with Gasteiger partial charge in [-0.15, -0.1) is 11.3 Å². The lowest BCUT2D eigenvalue weighted by atomic mass is 10.3. The van der Waals surface area contributed by atoms with Gasteiger partial charge < -0.3 is 15.1 Å². The van der Waals surface area contributed by atoms with Gasteiger partial charge in [0.15, 0.2) is 0 Å². The second-order valence-corrected chi connectivity index (χ2v) is 8.68. The van der Waals surface area contributed by atoms with Gasteiger partial charge in [0.25, 0.3) is 5.56 Å². The number of nitrogens with one attached hydrogen (secondary N) is 2. The van der Waals surface area contributed by atoms with Crippen molar-refractivity contribution in [2.45, 2.75) is 19.6 Å². The number of furan rings is 1. The van der Waals surface area contributed by atoms with E-state index in [-0.39, 0.29) is 22.8 Å². The zero-order chi connectivity index (χ0) is 23.5. The van der Waals surface area contributed by atoms with Crippen LogP contribution in [-0.4, -0.2) is 20.9 Å². The van der Waals surface area contributed by atoms with Crippen molar-refractivity contribution in [2.75, 3.05) is 5.32 Å². The number of nitrogens with zero attached hydrogens (tertiary/aromatic N) is 2. The summed E-state index contributed by atoms with van der Waals surface area (Å²) in [7, 11) is 0. The maximum absolute atomic E-state index is 13.1. The fourth-order valence-electron chi connectivity index (χ4n) is 3.15. The molecule has 0 saturated heterocycles. The summed E-state index contributed by atoms with van der Waals surface area (Å²) in [5.74, 6) is -0.564. The third kappa shape index (κ3) is 5.03. The molecule has 9 nitrogen and oxygen atoms in total. The van der Waals surface area contributed by atoms with E-state index in [2.05, 4.69) is 10.6 Å². The van der Waals surface area contributed by atoms with Crippen LogP contribution in [-0.2, 0) is 29.2 Å². The highest BCUT2D eigenvalue weighted by atomic mass is 35.5. The topological polar surface area (TPSA) is 115 Å². The fraction of sp³-hybridized carbons (Fsp3) is 0.143. The zero-order valence-electron chi connectivity index (χ0n) is 16.8. The molecule has 0 atom stereocenters. The molecule has 4 rings (SSSR count). The molecular weight excluding hydrogens is 491 g/mol. The molecule has 0 bridgehead atoms. The number of thiophene rings is 1. The maximum Gasteiger partial charge on any atom is 0.332 e. The molecule has 1 aromatic carbocycles. The smallest absolute Gasteiger partial charge is 0.332 e. The summed E-state index contributed by atoms with van der Waals surface area (Å²) in [6.45, 7) is -0.781. The Morgan fingerprint density at radius 3 is 2.55 bits per heavy atom. The molecule has 2 N–H and O–H groups in total. The largest absolute Gasteiger partial charge is 0.467 e. The second kappa shape index (κ2) is 9.65.